The normalized spacial score (nSPS) is 10.8. The van der Waals surface area contributed by atoms with Gasteiger partial charge in [-0.1, -0.05) is 13.8 Å². The molecule has 19 heavy (non-hydrogen) atoms. The van der Waals surface area contributed by atoms with Crippen molar-refractivity contribution in [2.24, 2.45) is 0 Å². The Balaban J connectivity index is 2.33. The number of hydrogen-bond acceptors (Lipinski definition) is 5. The van der Waals surface area contributed by atoms with Crippen molar-refractivity contribution < 1.29 is 4.74 Å². The molecular weight excluding hydrogens is 242 g/mol. The van der Waals surface area contributed by atoms with E-state index in [1.165, 1.54) is 6.33 Å². The third-order valence-electron chi connectivity index (χ3n) is 2.81. The summed E-state index contributed by atoms with van der Waals surface area (Å²) in [6.45, 7) is 7.01. The van der Waals surface area contributed by atoms with E-state index in [0.29, 0.717) is 11.6 Å². The monoisotopic (exact) mass is 261 g/mol. The van der Waals surface area contributed by atoms with Crippen LogP contribution < -0.4 is 10.1 Å². The summed E-state index contributed by atoms with van der Waals surface area (Å²) in [6.07, 6.45) is 5.04. The zero-order chi connectivity index (χ0) is 13.8. The fourth-order valence-corrected chi connectivity index (χ4v) is 1.86. The van der Waals surface area contributed by atoms with Crippen LogP contribution in [0.15, 0.2) is 18.7 Å². The highest BCUT2D eigenvalue weighted by atomic mass is 16.5. The Hall–Kier alpha value is -2.11. The minimum absolute atomic E-state index is 0.264. The summed E-state index contributed by atoms with van der Waals surface area (Å²) in [5.74, 6) is 2.32. The fourth-order valence-electron chi connectivity index (χ4n) is 1.86. The average Bonchev–Trinajstić information content (AvgIpc) is 2.85. The Morgan fingerprint density at radius 2 is 2.16 bits per heavy atom. The second-order valence-corrected chi connectivity index (χ2v) is 4.48. The van der Waals surface area contributed by atoms with E-state index in [0.717, 1.165) is 17.9 Å². The van der Waals surface area contributed by atoms with Crippen LogP contribution >= 0.6 is 0 Å². The van der Waals surface area contributed by atoms with Crippen molar-refractivity contribution >= 4 is 5.82 Å². The molecule has 0 unspecified atom stereocenters. The lowest BCUT2D eigenvalue weighted by atomic mass is 10.1. The van der Waals surface area contributed by atoms with Crippen LogP contribution in [0.4, 0.5) is 5.82 Å². The van der Waals surface area contributed by atoms with Gasteiger partial charge in [-0.25, -0.2) is 9.97 Å². The van der Waals surface area contributed by atoms with Crippen molar-refractivity contribution in [2.45, 2.75) is 33.2 Å². The molecule has 6 heteroatoms. The van der Waals surface area contributed by atoms with E-state index < -0.39 is 0 Å². The molecule has 0 saturated carbocycles. The second kappa shape index (κ2) is 5.69. The van der Waals surface area contributed by atoms with Crippen molar-refractivity contribution in [3.63, 3.8) is 0 Å². The molecule has 0 atom stereocenters. The van der Waals surface area contributed by atoms with E-state index in [1.54, 1.807) is 6.20 Å². The molecular formula is C13H19N5O. The van der Waals surface area contributed by atoms with Gasteiger partial charge >= 0.3 is 0 Å². The topological polar surface area (TPSA) is 64.9 Å². The maximum Gasteiger partial charge on any atom is 0.228 e. The molecule has 0 aliphatic rings. The zero-order valence-corrected chi connectivity index (χ0v) is 11.7. The Morgan fingerprint density at radius 3 is 2.74 bits per heavy atom. The van der Waals surface area contributed by atoms with E-state index in [4.69, 9.17) is 4.74 Å². The summed E-state index contributed by atoms with van der Waals surface area (Å²) in [4.78, 5) is 8.45. The first kappa shape index (κ1) is 13.3. The lowest BCUT2D eigenvalue weighted by Crippen LogP contribution is -2.04. The lowest BCUT2D eigenvalue weighted by Gasteiger charge is -2.14. The molecule has 0 fully saturated rings. The van der Waals surface area contributed by atoms with Crippen LogP contribution in [0.2, 0.25) is 0 Å². The zero-order valence-electron chi connectivity index (χ0n) is 11.7. The number of anilines is 1. The maximum absolute atomic E-state index is 5.82. The molecule has 0 bridgehead atoms. The molecule has 1 N–H and O–H groups in total. The van der Waals surface area contributed by atoms with Crippen LogP contribution in [0.3, 0.4) is 0 Å². The summed E-state index contributed by atoms with van der Waals surface area (Å²) in [7, 11) is 1.84. The Labute approximate surface area is 112 Å². The predicted octanol–water partition coefficient (Wildman–Crippen LogP) is 2.65. The molecule has 2 aromatic heterocycles. The molecule has 2 rings (SSSR count). The molecule has 0 aliphatic heterocycles. The van der Waals surface area contributed by atoms with Crippen molar-refractivity contribution in [1.29, 1.82) is 0 Å². The summed E-state index contributed by atoms with van der Waals surface area (Å²) < 4.78 is 7.63. The first-order chi connectivity index (χ1) is 9.15. The van der Waals surface area contributed by atoms with Crippen molar-refractivity contribution in [3.8, 4) is 11.6 Å². The third kappa shape index (κ3) is 2.83. The molecule has 2 heterocycles. The van der Waals surface area contributed by atoms with Crippen LogP contribution in [-0.2, 0) is 6.54 Å². The molecule has 0 aromatic carbocycles. The molecule has 102 valence electrons. The van der Waals surface area contributed by atoms with Gasteiger partial charge in [0.2, 0.25) is 5.88 Å². The molecule has 0 aliphatic carbocycles. The quantitative estimate of drug-likeness (QED) is 0.896. The second-order valence-electron chi connectivity index (χ2n) is 4.48. The highest BCUT2D eigenvalue weighted by Crippen LogP contribution is 2.32. The van der Waals surface area contributed by atoms with Crippen LogP contribution in [0.25, 0.3) is 0 Å². The maximum atomic E-state index is 5.82. The number of hydrogen-bond donors (Lipinski definition) is 1. The predicted molar refractivity (Wildman–Crippen MR) is 73.6 cm³/mol. The average molecular weight is 261 g/mol. The van der Waals surface area contributed by atoms with Gasteiger partial charge in [0, 0.05) is 13.6 Å². The summed E-state index contributed by atoms with van der Waals surface area (Å²) in [5, 5.41) is 7.25. The van der Waals surface area contributed by atoms with Crippen LogP contribution in [0.5, 0.6) is 11.6 Å². The summed E-state index contributed by atoms with van der Waals surface area (Å²) in [5.41, 5.74) is 0.967. The van der Waals surface area contributed by atoms with Gasteiger partial charge < -0.3 is 10.1 Å². The van der Waals surface area contributed by atoms with Gasteiger partial charge in [0.25, 0.3) is 0 Å². The van der Waals surface area contributed by atoms with Gasteiger partial charge in [-0.3, -0.25) is 4.68 Å². The number of ether oxygens (including phenoxy) is 1. The van der Waals surface area contributed by atoms with E-state index in [1.807, 2.05) is 24.9 Å². The van der Waals surface area contributed by atoms with Gasteiger partial charge in [0.15, 0.2) is 5.75 Å². The summed E-state index contributed by atoms with van der Waals surface area (Å²) >= 11 is 0. The number of rotatable bonds is 5. The van der Waals surface area contributed by atoms with Gasteiger partial charge in [-0.05, 0) is 12.8 Å². The smallest absolute Gasteiger partial charge is 0.228 e. The molecule has 0 radical (unpaired) electrons. The van der Waals surface area contributed by atoms with Crippen molar-refractivity contribution in [2.75, 3.05) is 12.4 Å². The van der Waals surface area contributed by atoms with E-state index in [-0.39, 0.29) is 5.92 Å². The third-order valence-corrected chi connectivity index (χ3v) is 2.81. The molecule has 2 aromatic rings. The van der Waals surface area contributed by atoms with Crippen LogP contribution in [-0.4, -0.2) is 26.8 Å². The minimum atomic E-state index is 0.264. The minimum Gasteiger partial charge on any atom is -0.435 e. The summed E-state index contributed by atoms with van der Waals surface area (Å²) in [6, 6.07) is 0. The van der Waals surface area contributed by atoms with E-state index >= 15 is 0 Å². The number of aromatic nitrogens is 4. The van der Waals surface area contributed by atoms with Crippen LogP contribution in [0.1, 0.15) is 32.3 Å². The first-order valence-electron chi connectivity index (χ1n) is 6.38. The molecule has 6 nitrogen and oxygen atoms in total. The largest absolute Gasteiger partial charge is 0.435 e. The van der Waals surface area contributed by atoms with Crippen LogP contribution in [0, 0.1) is 0 Å². The van der Waals surface area contributed by atoms with Gasteiger partial charge in [0.1, 0.15) is 12.1 Å². The number of nitrogens with one attached hydrogen (secondary N) is 1. The van der Waals surface area contributed by atoms with Crippen molar-refractivity contribution in [3.05, 3.63) is 24.3 Å². The molecule has 0 spiro atoms. The Bertz CT molecular complexity index is 550. The number of aryl methyl sites for hydroxylation is 1. The van der Waals surface area contributed by atoms with Gasteiger partial charge in [0.05, 0.1) is 18.0 Å². The van der Waals surface area contributed by atoms with Gasteiger partial charge in [-0.15, -0.1) is 0 Å². The lowest BCUT2D eigenvalue weighted by molar-refractivity contribution is 0.451. The molecule has 0 amide bonds. The highest BCUT2D eigenvalue weighted by Gasteiger charge is 2.16. The Kier molecular flexibility index (Phi) is 3.99. The fraction of sp³-hybridized carbons (Fsp3) is 0.462. The SMILES string of the molecule is CCn1cc(Oc2ncnc(NC)c2C(C)C)cn1. The van der Waals surface area contributed by atoms with E-state index in [9.17, 15) is 0 Å². The van der Waals surface area contributed by atoms with Crippen molar-refractivity contribution in [1.82, 2.24) is 19.7 Å². The Morgan fingerprint density at radius 1 is 1.37 bits per heavy atom. The van der Waals surface area contributed by atoms with Gasteiger partial charge in [-0.2, -0.15) is 5.10 Å². The highest BCUT2D eigenvalue weighted by molar-refractivity contribution is 5.50. The number of nitrogens with zero attached hydrogens (tertiary/aromatic N) is 4. The van der Waals surface area contributed by atoms with E-state index in [2.05, 4.69) is 34.2 Å². The standard InChI is InChI=1S/C13H19N5O/c1-5-18-7-10(6-17-18)19-13-11(9(2)3)12(14-4)15-8-16-13/h6-9H,5H2,1-4H3,(H,14,15,16). The first-order valence-corrected chi connectivity index (χ1v) is 6.38. The molecule has 0 saturated heterocycles.